The highest BCUT2D eigenvalue weighted by atomic mass is 79.9. The number of nitrogens with one attached hydrogen (secondary N) is 2. The summed E-state index contributed by atoms with van der Waals surface area (Å²) in [4.78, 5) is 12.3. The third kappa shape index (κ3) is 5.38. The van der Waals surface area contributed by atoms with Gasteiger partial charge in [0.05, 0.1) is 11.4 Å². The molecule has 6 nitrogen and oxygen atoms in total. The zero-order chi connectivity index (χ0) is 21.3. The number of hydrogen-bond donors (Lipinski definition) is 2. The molecule has 1 aromatic carbocycles. The second kappa shape index (κ2) is 8.19. The molecule has 1 aliphatic heterocycles. The third-order valence-corrected chi connectivity index (χ3v) is 6.48. The van der Waals surface area contributed by atoms with Crippen molar-refractivity contribution in [2.75, 3.05) is 23.7 Å². The van der Waals surface area contributed by atoms with Gasteiger partial charge in [0.2, 0.25) is 5.91 Å². The summed E-state index contributed by atoms with van der Waals surface area (Å²) in [6.07, 6.45) is 0.433. The summed E-state index contributed by atoms with van der Waals surface area (Å²) >= 11 is 3.36. The number of piperidine rings is 1. The molecule has 11 heteroatoms. The zero-order valence-corrected chi connectivity index (χ0v) is 18.1. The summed E-state index contributed by atoms with van der Waals surface area (Å²) in [5, 5.41) is 6.05. The molecule has 0 aromatic heterocycles. The quantitative estimate of drug-likeness (QED) is 0.670. The Morgan fingerprint density at radius 1 is 1.14 bits per heavy atom. The smallest absolute Gasteiger partial charge is 0.381 e. The van der Waals surface area contributed by atoms with E-state index in [2.05, 4.69) is 26.6 Å². The first-order valence-electron chi connectivity index (χ1n) is 8.66. The van der Waals surface area contributed by atoms with Crippen molar-refractivity contribution in [1.29, 1.82) is 0 Å². The molecule has 0 saturated carbocycles. The molecule has 28 heavy (non-hydrogen) atoms. The summed E-state index contributed by atoms with van der Waals surface area (Å²) < 4.78 is 62.3. The molecule has 0 bridgehead atoms. The van der Waals surface area contributed by atoms with E-state index in [-0.39, 0.29) is 37.9 Å². The molecule has 2 rings (SSSR count). The Bertz CT molecular complexity index is 830. The van der Waals surface area contributed by atoms with E-state index in [0.717, 1.165) is 4.47 Å². The topological polar surface area (TPSA) is 78.5 Å². The van der Waals surface area contributed by atoms with Gasteiger partial charge in [-0.3, -0.25) is 4.79 Å². The first kappa shape index (κ1) is 23.0. The van der Waals surface area contributed by atoms with Gasteiger partial charge in [0.15, 0.2) is 0 Å². The van der Waals surface area contributed by atoms with Crippen molar-refractivity contribution < 1.29 is 26.4 Å². The van der Waals surface area contributed by atoms with E-state index in [1.165, 1.54) is 0 Å². The van der Waals surface area contributed by atoms with Crippen LogP contribution in [0, 0.1) is 5.41 Å². The van der Waals surface area contributed by atoms with Crippen LogP contribution in [0.25, 0.3) is 0 Å². The highest BCUT2D eigenvalue weighted by molar-refractivity contribution is 9.10. The van der Waals surface area contributed by atoms with Gasteiger partial charge in [-0.15, -0.1) is 0 Å². The van der Waals surface area contributed by atoms with Crippen LogP contribution in [0.5, 0.6) is 0 Å². The monoisotopic (exact) mass is 485 g/mol. The van der Waals surface area contributed by atoms with Crippen molar-refractivity contribution >= 4 is 43.2 Å². The van der Waals surface area contributed by atoms with Crippen LogP contribution in [0.4, 0.5) is 24.5 Å². The summed E-state index contributed by atoms with van der Waals surface area (Å²) in [5.41, 5.74) is -4.72. The van der Waals surface area contributed by atoms with Crippen LogP contribution in [-0.2, 0) is 14.8 Å². The molecular formula is C17H23BrF3N3O3S. The van der Waals surface area contributed by atoms with Crippen molar-refractivity contribution in [2.24, 2.45) is 5.41 Å². The van der Waals surface area contributed by atoms with Gasteiger partial charge < -0.3 is 10.6 Å². The molecule has 1 fully saturated rings. The maximum absolute atomic E-state index is 12.7. The number of carbonyl (C=O) groups excluding carboxylic acids is 1. The molecule has 1 aliphatic rings. The van der Waals surface area contributed by atoms with E-state index in [1.807, 2.05) is 0 Å². The lowest BCUT2D eigenvalue weighted by molar-refractivity contribution is -0.123. The number of carbonyl (C=O) groups is 1. The van der Waals surface area contributed by atoms with Crippen molar-refractivity contribution in [3.63, 3.8) is 0 Å². The van der Waals surface area contributed by atoms with E-state index in [0.29, 0.717) is 15.7 Å². The number of benzene rings is 1. The van der Waals surface area contributed by atoms with Gasteiger partial charge in [-0.1, -0.05) is 36.7 Å². The Morgan fingerprint density at radius 2 is 1.71 bits per heavy atom. The Balaban J connectivity index is 2.09. The minimum absolute atomic E-state index is 0.177. The van der Waals surface area contributed by atoms with Gasteiger partial charge in [-0.25, -0.2) is 8.42 Å². The number of hydrogen-bond acceptors (Lipinski definition) is 4. The average Bonchev–Trinajstić information content (AvgIpc) is 2.56. The van der Waals surface area contributed by atoms with Crippen LogP contribution in [0.3, 0.4) is 0 Å². The number of rotatable bonds is 4. The fourth-order valence-electron chi connectivity index (χ4n) is 2.66. The minimum atomic E-state index is -5.30. The van der Waals surface area contributed by atoms with Gasteiger partial charge >= 0.3 is 15.5 Å². The highest BCUT2D eigenvalue weighted by Gasteiger charge is 2.50. The van der Waals surface area contributed by atoms with E-state index in [4.69, 9.17) is 0 Å². The van der Waals surface area contributed by atoms with Crippen molar-refractivity contribution in [3.8, 4) is 0 Å². The third-order valence-electron chi connectivity index (χ3n) is 4.36. The van der Waals surface area contributed by atoms with Crippen molar-refractivity contribution in [1.82, 2.24) is 4.31 Å². The Hall–Kier alpha value is -1.33. The van der Waals surface area contributed by atoms with Crippen molar-refractivity contribution in [2.45, 2.75) is 45.2 Å². The second-order valence-electron chi connectivity index (χ2n) is 7.66. The predicted octanol–water partition coefficient (Wildman–Crippen LogP) is 4.16. The number of anilines is 2. The van der Waals surface area contributed by atoms with Gasteiger partial charge in [0.1, 0.15) is 0 Å². The molecule has 158 valence electrons. The van der Waals surface area contributed by atoms with Crippen LogP contribution in [0.2, 0.25) is 0 Å². The van der Waals surface area contributed by atoms with Crippen molar-refractivity contribution in [3.05, 3.63) is 22.7 Å². The normalized spacial score (nSPS) is 17.4. The van der Waals surface area contributed by atoms with E-state index >= 15 is 0 Å². The SMILES string of the molecule is CC(C)(C)C(=O)Nc1ccc(Br)cc1NC1CCN(S(=O)(=O)C(F)(F)F)CC1. The molecule has 0 unspecified atom stereocenters. The van der Waals surface area contributed by atoms with Crippen LogP contribution in [-0.4, -0.2) is 43.3 Å². The van der Waals surface area contributed by atoms with Crippen LogP contribution < -0.4 is 10.6 Å². The largest absolute Gasteiger partial charge is 0.511 e. The summed E-state index contributed by atoms with van der Waals surface area (Å²) in [6.45, 7) is 4.90. The van der Waals surface area contributed by atoms with E-state index in [9.17, 15) is 26.4 Å². The molecule has 0 spiro atoms. The standard InChI is InChI=1S/C17H23BrF3N3O3S/c1-16(2,3)15(25)23-13-5-4-11(18)10-14(13)22-12-6-8-24(9-7-12)28(26,27)17(19,20)21/h4-5,10,12,22H,6-9H2,1-3H3,(H,23,25). The van der Waals surface area contributed by atoms with E-state index < -0.39 is 20.9 Å². The molecule has 1 heterocycles. The Kier molecular flexibility index (Phi) is 6.72. The lowest BCUT2D eigenvalue weighted by atomic mass is 9.95. The Labute approximate surface area is 171 Å². The maximum atomic E-state index is 12.7. The molecule has 2 N–H and O–H groups in total. The lowest BCUT2D eigenvalue weighted by Gasteiger charge is -2.33. The zero-order valence-electron chi connectivity index (χ0n) is 15.7. The van der Waals surface area contributed by atoms with Gasteiger partial charge in [0.25, 0.3) is 0 Å². The predicted molar refractivity (Wildman–Crippen MR) is 105 cm³/mol. The van der Waals surface area contributed by atoms with Crippen LogP contribution >= 0.6 is 15.9 Å². The van der Waals surface area contributed by atoms with Crippen LogP contribution in [0.15, 0.2) is 22.7 Å². The minimum Gasteiger partial charge on any atom is -0.381 e. The molecule has 1 saturated heterocycles. The summed E-state index contributed by atoms with van der Waals surface area (Å²) in [5.74, 6) is -0.177. The number of sulfonamides is 1. The fraction of sp³-hybridized carbons (Fsp3) is 0.588. The highest BCUT2D eigenvalue weighted by Crippen LogP contribution is 2.32. The molecule has 0 aliphatic carbocycles. The number of amides is 1. The second-order valence-corrected chi connectivity index (χ2v) is 10.5. The molecule has 1 amide bonds. The van der Waals surface area contributed by atoms with Gasteiger partial charge in [-0.2, -0.15) is 17.5 Å². The number of alkyl halides is 3. The summed E-state index contributed by atoms with van der Waals surface area (Å²) in [7, 11) is -5.30. The lowest BCUT2D eigenvalue weighted by Crippen LogP contribution is -2.47. The maximum Gasteiger partial charge on any atom is 0.511 e. The van der Waals surface area contributed by atoms with Crippen LogP contribution in [0.1, 0.15) is 33.6 Å². The molecule has 1 aromatic rings. The summed E-state index contributed by atoms with van der Waals surface area (Å²) in [6, 6.07) is 5.03. The molecule has 0 atom stereocenters. The fourth-order valence-corrected chi connectivity index (χ4v) is 4.01. The molecular weight excluding hydrogens is 463 g/mol. The first-order chi connectivity index (χ1) is 12.7. The average molecular weight is 486 g/mol. The first-order valence-corrected chi connectivity index (χ1v) is 10.9. The number of halogens is 4. The number of nitrogens with zero attached hydrogens (tertiary/aromatic N) is 1. The van der Waals surface area contributed by atoms with Gasteiger partial charge in [-0.05, 0) is 31.0 Å². The molecule has 0 radical (unpaired) electrons. The Morgan fingerprint density at radius 3 is 2.21 bits per heavy atom. The van der Waals surface area contributed by atoms with Gasteiger partial charge in [0, 0.05) is 29.0 Å². The van der Waals surface area contributed by atoms with E-state index in [1.54, 1.807) is 39.0 Å².